The van der Waals surface area contributed by atoms with Crippen molar-refractivity contribution < 1.29 is 18.7 Å². The van der Waals surface area contributed by atoms with Crippen LogP contribution in [-0.2, 0) is 11.4 Å². The first-order valence-electron chi connectivity index (χ1n) is 11.1. The van der Waals surface area contributed by atoms with Crippen molar-refractivity contribution in [2.24, 2.45) is 0 Å². The van der Waals surface area contributed by atoms with E-state index >= 15 is 0 Å². The lowest BCUT2D eigenvalue weighted by Crippen LogP contribution is -2.14. The number of hydrogen-bond acceptors (Lipinski definition) is 4. The van der Waals surface area contributed by atoms with Gasteiger partial charge >= 0.3 is 0 Å². The van der Waals surface area contributed by atoms with E-state index in [1.165, 1.54) is 31.4 Å². The highest BCUT2D eigenvalue weighted by molar-refractivity contribution is 9.10. The maximum absolute atomic E-state index is 13.9. The summed E-state index contributed by atoms with van der Waals surface area (Å²) in [6, 6.07) is 23.3. The molecule has 0 aliphatic carbocycles. The summed E-state index contributed by atoms with van der Waals surface area (Å²) in [5.74, 6) is -0.378. The van der Waals surface area contributed by atoms with Crippen LogP contribution in [0.3, 0.4) is 0 Å². The minimum absolute atomic E-state index is 0.00473. The summed E-state index contributed by atoms with van der Waals surface area (Å²) in [5, 5.41) is 14.2. The molecule has 5 nitrogen and oxygen atoms in total. The van der Waals surface area contributed by atoms with Crippen molar-refractivity contribution in [2.45, 2.75) is 13.5 Å². The number of para-hydroxylation sites is 1. The molecule has 0 atom stereocenters. The maximum atomic E-state index is 13.9. The third-order valence-electron chi connectivity index (χ3n) is 5.69. The standard InChI is InChI=1S/C29H22BrFN2O3/c1-18-11-12-20-7-3-4-8-22(20)23(18)17-36-28-24(30)14-19(15-27(28)35-2)13-21(16-32)29(34)33-26-10-6-5-9-25(26)31/h3-15H,17H2,1-2H3,(H,33,34)/b21-13+. The number of rotatable bonds is 7. The molecule has 0 saturated carbocycles. The second-order valence-corrected chi connectivity index (χ2v) is 8.86. The van der Waals surface area contributed by atoms with Gasteiger partial charge in [0.2, 0.25) is 0 Å². The average molecular weight is 545 g/mol. The number of carbonyl (C=O) groups excluding carboxylic acids is 1. The van der Waals surface area contributed by atoms with E-state index in [0.717, 1.165) is 21.9 Å². The smallest absolute Gasteiger partial charge is 0.266 e. The monoisotopic (exact) mass is 544 g/mol. The lowest BCUT2D eigenvalue weighted by atomic mass is 10.0. The molecule has 0 saturated heterocycles. The number of benzene rings is 4. The Balaban J connectivity index is 1.60. The zero-order valence-corrected chi connectivity index (χ0v) is 21.2. The molecule has 0 heterocycles. The Morgan fingerprint density at radius 2 is 1.86 bits per heavy atom. The summed E-state index contributed by atoms with van der Waals surface area (Å²) in [7, 11) is 1.52. The highest BCUT2D eigenvalue weighted by Gasteiger charge is 2.16. The van der Waals surface area contributed by atoms with Crippen molar-refractivity contribution in [1.82, 2.24) is 0 Å². The number of halogens is 2. The summed E-state index contributed by atoms with van der Waals surface area (Å²) in [5.41, 5.74) is 2.53. The number of fused-ring (bicyclic) bond motifs is 1. The van der Waals surface area contributed by atoms with Crippen LogP contribution in [-0.4, -0.2) is 13.0 Å². The van der Waals surface area contributed by atoms with Gasteiger partial charge in [-0.1, -0.05) is 48.5 Å². The number of ether oxygens (including phenoxy) is 2. The van der Waals surface area contributed by atoms with Gasteiger partial charge in [-0.15, -0.1) is 0 Å². The molecule has 4 aromatic rings. The first kappa shape index (κ1) is 25.0. The molecule has 1 N–H and O–H groups in total. The summed E-state index contributed by atoms with van der Waals surface area (Å²) in [6.45, 7) is 2.37. The zero-order valence-electron chi connectivity index (χ0n) is 19.6. The quantitative estimate of drug-likeness (QED) is 0.197. The fourth-order valence-corrected chi connectivity index (χ4v) is 4.39. The minimum Gasteiger partial charge on any atom is -0.493 e. The number of anilines is 1. The number of hydrogen-bond donors (Lipinski definition) is 1. The van der Waals surface area contributed by atoms with Crippen molar-refractivity contribution in [2.75, 3.05) is 12.4 Å². The van der Waals surface area contributed by atoms with Crippen molar-refractivity contribution in [3.8, 4) is 17.6 Å². The van der Waals surface area contributed by atoms with Crippen LogP contribution in [0.25, 0.3) is 16.8 Å². The molecule has 0 fully saturated rings. The van der Waals surface area contributed by atoms with Gasteiger partial charge in [-0.25, -0.2) is 4.39 Å². The molecule has 0 aliphatic heterocycles. The second kappa shape index (κ2) is 11.1. The second-order valence-electron chi connectivity index (χ2n) is 8.01. The summed E-state index contributed by atoms with van der Waals surface area (Å²) in [4.78, 5) is 12.6. The summed E-state index contributed by atoms with van der Waals surface area (Å²) >= 11 is 3.53. The Morgan fingerprint density at radius 3 is 2.61 bits per heavy atom. The Hall–Kier alpha value is -4.15. The Morgan fingerprint density at radius 1 is 1.11 bits per heavy atom. The number of carbonyl (C=O) groups is 1. The van der Waals surface area contributed by atoms with Crippen molar-refractivity contribution >= 4 is 44.4 Å². The lowest BCUT2D eigenvalue weighted by Gasteiger charge is -2.16. The Kier molecular flexibility index (Phi) is 7.67. The Bertz CT molecular complexity index is 1530. The van der Waals surface area contributed by atoms with Gasteiger partial charge in [-0.2, -0.15) is 5.26 Å². The molecule has 36 heavy (non-hydrogen) atoms. The third-order valence-corrected chi connectivity index (χ3v) is 6.27. The number of nitrogens with one attached hydrogen (secondary N) is 1. The van der Waals surface area contributed by atoms with Crippen LogP contribution < -0.4 is 14.8 Å². The average Bonchev–Trinajstić information content (AvgIpc) is 2.88. The van der Waals surface area contributed by atoms with Crippen molar-refractivity contribution in [1.29, 1.82) is 5.26 Å². The van der Waals surface area contributed by atoms with Gasteiger partial charge in [0, 0.05) is 5.56 Å². The van der Waals surface area contributed by atoms with Crippen LogP contribution in [0, 0.1) is 24.1 Å². The van der Waals surface area contributed by atoms with Gasteiger partial charge in [0.05, 0.1) is 17.3 Å². The van der Waals surface area contributed by atoms with Gasteiger partial charge in [0.25, 0.3) is 5.91 Å². The molecule has 0 unspecified atom stereocenters. The van der Waals surface area contributed by atoms with Crippen LogP contribution in [0.15, 0.2) is 82.8 Å². The molecule has 0 spiro atoms. The molecule has 180 valence electrons. The van der Waals surface area contributed by atoms with Crippen LogP contribution in [0.5, 0.6) is 11.5 Å². The third kappa shape index (κ3) is 5.40. The van der Waals surface area contributed by atoms with Gasteiger partial charge in [0.1, 0.15) is 24.1 Å². The van der Waals surface area contributed by atoms with E-state index in [1.807, 2.05) is 25.1 Å². The van der Waals surface area contributed by atoms with E-state index in [0.29, 0.717) is 28.1 Å². The van der Waals surface area contributed by atoms with E-state index in [2.05, 4.69) is 45.5 Å². The zero-order chi connectivity index (χ0) is 25.7. The molecular weight excluding hydrogens is 523 g/mol. The van der Waals surface area contributed by atoms with E-state index in [4.69, 9.17) is 9.47 Å². The number of nitriles is 1. The van der Waals surface area contributed by atoms with Gasteiger partial charge in [0.15, 0.2) is 11.5 Å². The van der Waals surface area contributed by atoms with E-state index in [9.17, 15) is 14.4 Å². The summed E-state index contributed by atoms with van der Waals surface area (Å²) in [6.07, 6.45) is 1.40. The van der Waals surface area contributed by atoms with Crippen LogP contribution in [0.2, 0.25) is 0 Å². The predicted octanol–water partition coefficient (Wildman–Crippen LogP) is 7.18. The molecule has 0 aliphatic rings. The first-order valence-corrected chi connectivity index (χ1v) is 11.9. The fraction of sp³-hybridized carbons (Fsp3) is 0.103. The number of aryl methyl sites for hydroxylation is 1. The molecule has 0 radical (unpaired) electrons. The first-order chi connectivity index (χ1) is 17.4. The molecule has 1 amide bonds. The molecule has 4 aromatic carbocycles. The molecule has 0 aromatic heterocycles. The van der Waals surface area contributed by atoms with Crippen molar-refractivity contribution in [3.63, 3.8) is 0 Å². The molecule has 0 bridgehead atoms. The number of nitrogens with zero attached hydrogens (tertiary/aromatic N) is 1. The summed E-state index contributed by atoms with van der Waals surface area (Å²) < 4.78 is 26.2. The minimum atomic E-state index is -0.718. The topological polar surface area (TPSA) is 71.3 Å². The number of amides is 1. The normalized spacial score (nSPS) is 11.1. The van der Waals surface area contributed by atoms with Crippen LogP contribution >= 0.6 is 15.9 Å². The maximum Gasteiger partial charge on any atom is 0.266 e. The van der Waals surface area contributed by atoms with E-state index in [1.54, 1.807) is 18.2 Å². The van der Waals surface area contributed by atoms with Gasteiger partial charge < -0.3 is 14.8 Å². The van der Waals surface area contributed by atoms with Crippen molar-refractivity contribution in [3.05, 3.63) is 105 Å². The highest BCUT2D eigenvalue weighted by atomic mass is 79.9. The van der Waals surface area contributed by atoms with E-state index < -0.39 is 11.7 Å². The molecule has 7 heteroatoms. The molecule has 4 rings (SSSR count). The Labute approximate surface area is 216 Å². The number of methoxy groups -OCH3 is 1. The highest BCUT2D eigenvalue weighted by Crippen LogP contribution is 2.38. The van der Waals surface area contributed by atoms with Gasteiger partial charge in [-0.05, 0) is 75.1 Å². The fourth-order valence-electron chi connectivity index (χ4n) is 3.81. The van der Waals surface area contributed by atoms with Crippen LogP contribution in [0.1, 0.15) is 16.7 Å². The lowest BCUT2D eigenvalue weighted by molar-refractivity contribution is -0.112. The van der Waals surface area contributed by atoms with Gasteiger partial charge in [-0.3, -0.25) is 4.79 Å². The van der Waals surface area contributed by atoms with E-state index in [-0.39, 0.29) is 11.3 Å². The largest absolute Gasteiger partial charge is 0.493 e. The predicted molar refractivity (Wildman–Crippen MR) is 142 cm³/mol. The van der Waals surface area contributed by atoms with Crippen LogP contribution in [0.4, 0.5) is 10.1 Å². The SMILES string of the molecule is COc1cc(/C=C(\C#N)C(=O)Nc2ccccc2F)cc(Br)c1OCc1c(C)ccc2ccccc12. The molecular formula is C29H22BrFN2O3.